The van der Waals surface area contributed by atoms with Crippen molar-refractivity contribution < 1.29 is 29.1 Å². The van der Waals surface area contributed by atoms with E-state index in [1.54, 1.807) is 0 Å². The van der Waals surface area contributed by atoms with Crippen LogP contribution in [0.4, 0.5) is 0 Å². The molecule has 1 aliphatic heterocycles. The summed E-state index contributed by atoms with van der Waals surface area (Å²) in [5, 5.41) is 14.1. The molecular weight excluding hydrogens is 396 g/mol. The van der Waals surface area contributed by atoms with E-state index in [4.69, 9.17) is 17.2 Å². The largest absolute Gasteiger partial charge is 0.480 e. The van der Waals surface area contributed by atoms with Crippen LogP contribution in [0.2, 0.25) is 0 Å². The van der Waals surface area contributed by atoms with Crippen molar-refractivity contribution in [3.63, 3.8) is 0 Å². The van der Waals surface area contributed by atoms with Crippen LogP contribution in [0, 0.1) is 0 Å². The van der Waals surface area contributed by atoms with Crippen molar-refractivity contribution in [2.75, 3.05) is 13.1 Å². The maximum Gasteiger partial charge on any atom is 0.326 e. The molecule has 170 valence electrons. The van der Waals surface area contributed by atoms with Crippen molar-refractivity contribution in [2.45, 2.75) is 69.6 Å². The Labute approximate surface area is 174 Å². The third kappa shape index (κ3) is 7.59. The maximum atomic E-state index is 12.8. The van der Waals surface area contributed by atoms with Gasteiger partial charge in [0.2, 0.25) is 23.6 Å². The molecule has 0 aliphatic carbocycles. The van der Waals surface area contributed by atoms with Crippen LogP contribution >= 0.6 is 0 Å². The van der Waals surface area contributed by atoms with Crippen LogP contribution in [0.5, 0.6) is 0 Å². The zero-order valence-corrected chi connectivity index (χ0v) is 17.1. The topological polar surface area (TPSA) is 211 Å². The molecule has 0 aromatic carbocycles. The number of primary amides is 1. The smallest absolute Gasteiger partial charge is 0.326 e. The van der Waals surface area contributed by atoms with E-state index in [-0.39, 0.29) is 13.0 Å². The molecule has 1 aliphatic rings. The highest BCUT2D eigenvalue weighted by atomic mass is 16.4. The number of carboxylic acid groups (broad SMARTS) is 1. The van der Waals surface area contributed by atoms with Gasteiger partial charge in [0.1, 0.15) is 18.1 Å². The molecule has 1 rings (SSSR count). The highest BCUT2D eigenvalue weighted by Gasteiger charge is 2.38. The fourth-order valence-corrected chi connectivity index (χ4v) is 3.21. The van der Waals surface area contributed by atoms with E-state index in [2.05, 4.69) is 10.6 Å². The van der Waals surface area contributed by atoms with E-state index in [1.165, 1.54) is 6.92 Å². The first-order valence-corrected chi connectivity index (χ1v) is 9.96. The van der Waals surface area contributed by atoms with E-state index < -0.39 is 60.2 Å². The second-order valence-electron chi connectivity index (χ2n) is 7.38. The molecule has 0 aromatic rings. The van der Waals surface area contributed by atoms with Gasteiger partial charge in [0, 0.05) is 6.54 Å². The molecule has 0 aromatic heterocycles. The number of hydrogen-bond donors (Lipinski definition) is 6. The van der Waals surface area contributed by atoms with Gasteiger partial charge in [-0.3, -0.25) is 19.2 Å². The van der Waals surface area contributed by atoms with Gasteiger partial charge in [-0.15, -0.1) is 0 Å². The predicted octanol–water partition coefficient (Wildman–Crippen LogP) is -2.62. The van der Waals surface area contributed by atoms with Crippen LogP contribution in [0.25, 0.3) is 0 Å². The molecule has 30 heavy (non-hydrogen) atoms. The van der Waals surface area contributed by atoms with Gasteiger partial charge in [-0.05, 0) is 39.2 Å². The molecule has 1 saturated heterocycles. The van der Waals surface area contributed by atoms with Crippen molar-refractivity contribution in [3.8, 4) is 0 Å². The molecule has 12 heteroatoms. The van der Waals surface area contributed by atoms with Crippen LogP contribution in [0.3, 0.4) is 0 Å². The fraction of sp³-hybridized carbons (Fsp3) is 0.722. The first-order chi connectivity index (χ1) is 14.1. The Morgan fingerprint density at radius 1 is 1.13 bits per heavy atom. The number of amides is 4. The number of carboxylic acids is 1. The molecule has 1 fully saturated rings. The lowest BCUT2D eigenvalue weighted by atomic mass is 10.1. The molecule has 0 saturated carbocycles. The lowest BCUT2D eigenvalue weighted by Crippen LogP contribution is -2.57. The molecule has 0 spiro atoms. The summed E-state index contributed by atoms with van der Waals surface area (Å²) < 4.78 is 0. The number of nitrogens with two attached hydrogens (primary N) is 3. The minimum Gasteiger partial charge on any atom is -0.480 e. The Bertz CT molecular complexity index is 657. The number of unbranched alkanes of at least 4 members (excludes halogenated alkanes) is 1. The minimum atomic E-state index is -1.33. The molecule has 4 unspecified atom stereocenters. The number of rotatable bonds is 12. The van der Waals surface area contributed by atoms with Crippen LogP contribution in [0.1, 0.15) is 45.4 Å². The second-order valence-corrected chi connectivity index (χ2v) is 7.38. The highest BCUT2D eigenvalue weighted by Crippen LogP contribution is 2.19. The van der Waals surface area contributed by atoms with Gasteiger partial charge in [0.25, 0.3) is 0 Å². The summed E-state index contributed by atoms with van der Waals surface area (Å²) in [6.07, 6.45) is 2.09. The van der Waals surface area contributed by atoms with E-state index in [0.29, 0.717) is 25.8 Å². The van der Waals surface area contributed by atoms with Crippen LogP contribution in [-0.2, 0) is 24.0 Å². The summed E-state index contributed by atoms with van der Waals surface area (Å²) >= 11 is 0. The third-order valence-electron chi connectivity index (χ3n) is 4.90. The lowest BCUT2D eigenvalue weighted by molar-refractivity contribution is -0.149. The van der Waals surface area contributed by atoms with Crippen molar-refractivity contribution in [1.29, 1.82) is 0 Å². The van der Waals surface area contributed by atoms with Crippen LogP contribution in [0.15, 0.2) is 0 Å². The number of nitrogens with zero attached hydrogens (tertiary/aromatic N) is 1. The Morgan fingerprint density at radius 3 is 2.37 bits per heavy atom. The summed E-state index contributed by atoms with van der Waals surface area (Å²) in [7, 11) is 0. The van der Waals surface area contributed by atoms with Gasteiger partial charge >= 0.3 is 5.97 Å². The molecule has 4 amide bonds. The fourth-order valence-electron chi connectivity index (χ4n) is 3.21. The number of likely N-dealkylation sites (tertiary alicyclic amines) is 1. The summed E-state index contributed by atoms with van der Waals surface area (Å²) in [5.41, 5.74) is 16.4. The maximum absolute atomic E-state index is 12.8. The third-order valence-corrected chi connectivity index (χ3v) is 4.90. The SMILES string of the molecule is CC(NC(=O)C(N)CCCCN)C(=O)NC(CC(N)=O)C(=O)N1CCCC1C(=O)O. The highest BCUT2D eigenvalue weighted by molar-refractivity contribution is 5.96. The van der Waals surface area contributed by atoms with Crippen molar-refractivity contribution in [1.82, 2.24) is 15.5 Å². The molecule has 9 N–H and O–H groups in total. The van der Waals surface area contributed by atoms with E-state index in [1.807, 2.05) is 0 Å². The van der Waals surface area contributed by atoms with Gasteiger partial charge in [0.05, 0.1) is 12.5 Å². The zero-order chi connectivity index (χ0) is 22.8. The van der Waals surface area contributed by atoms with Crippen molar-refractivity contribution in [2.24, 2.45) is 17.2 Å². The van der Waals surface area contributed by atoms with Crippen molar-refractivity contribution in [3.05, 3.63) is 0 Å². The first-order valence-electron chi connectivity index (χ1n) is 9.96. The monoisotopic (exact) mass is 428 g/mol. The lowest BCUT2D eigenvalue weighted by Gasteiger charge is -2.27. The summed E-state index contributed by atoms with van der Waals surface area (Å²) in [4.78, 5) is 61.2. The number of carbonyl (C=O) groups is 5. The second kappa shape index (κ2) is 12.1. The Hall–Kier alpha value is -2.73. The summed E-state index contributed by atoms with van der Waals surface area (Å²) in [6.45, 7) is 2.09. The Balaban J connectivity index is 2.73. The average molecular weight is 428 g/mol. The standard InChI is InChI=1S/C18H32N6O6/c1-10(22-16(27)11(20)5-2-3-7-19)15(26)23-12(9-14(21)25)17(28)24-8-4-6-13(24)18(29)30/h10-13H,2-9,19-20H2,1H3,(H2,21,25)(H,22,27)(H,23,26)(H,29,30). The molecule has 0 radical (unpaired) electrons. The van der Waals surface area contributed by atoms with E-state index in [0.717, 1.165) is 11.3 Å². The quantitative estimate of drug-likeness (QED) is 0.181. The number of nitrogens with one attached hydrogen (secondary N) is 2. The minimum absolute atomic E-state index is 0.199. The van der Waals surface area contributed by atoms with Gasteiger partial charge in [-0.2, -0.15) is 0 Å². The zero-order valence-electron chi connectivity index (χ0n) is 17.1. The Kier molecular flexibility index (Phi) is 10.2. The molecule has 1 heterocycles. The van der Waals surface area contributed by atoms with Crippen molar-refractivity contribution >= 4 is 29.6 Å². The Morgan fingerprint density at radius 2 is 1.80 bits per heavy atom. The number of carbonyl (C=O) groups excluding carboxylic acids is 4. The number of aliphatic carboxylic acids is 1. The summed E-state index contributed by atoms with van der Waals surface area (Å²) in [6, 6.07) is -4.19. The number of hydrogen-bond acceptors (Lipinski definition) is 7. The molecule has 12 nitrogen and oxygen atoms in total. The molecule has 0 bridgehead atoms. The molecular formula is C18H32N6O6. The first kappa shape index (κ1) is 25.3. The van der Waals surface area contributed by atoms with Gasteiger partial charge in [-0.25, -0.2) is 4.79 Å². The van der Waals surface area contributed by atoms with E-state index in [9.17, 15) is 29.1 Å². The predicted molar refractivity (Wildman–Crippen MR) is 107 cm³/mol. The average Bonchev–Trinajstić information content (AvgIpc) is 3.16. The molecule has 4 atom stereocenters. The normalized spacial score (nSPS) is 18.9. The summed E-state index contributed by atoms with van der Waals surface area (Å²) in [5.74, 6) is -3.95. The van der Waals surface area contributed by atoms with E-state index >= 15 is 0 Å². The van der Waals surface area contributed by atoms with Crippen LogP contribution in [-0.4, -0.2) is 76.9 Å². The van der Waals surface area contributed by atoms with Gasteiger partial charge < -0.3 is 37.8 Å². The van der Waals surface area contributed by atoms with Gasteiger partial charge in [-0.1, -0.05) is 6.42 Å². The van der Waals surface area contributed by atoms with Gasteiger partial charge in [0.15, 0.2) is 0 Å². The van der Waals surface area contributed by atoms with Crippen LogP contribution < -0.4 is 27.8 Å².